The quantitative estimate of drug-likeness (QED) is 0.884. The van der Waals surface area contributed by atoms with E-state index in [-0.39, 0.29) is 11.9 Å². The summed E-state index contributed by atoms with van der Waals surface area (Å²) in [5, 5.41) is 3.88. The molecule has 0 unspecified atom stereocenters. The number of halogens is 1. The van der Waals surface area contributed by atoms with E-state index < -0.39 is 0 Å². The lowest BCUT2D eigenvalue weighted by Gasteiger charge is -2.02. The molecule has 96 valence electrons. The van der Waals surface area contributed by atoms with Crippen LogP contribution in [0, 0.1) is 5.82 Å². The highest BCUT2D eigenvalue weighted by Gasteiger charge is 2.13. The van der Waals surface area contributed by atoms with Gasteiger partial charge in [0.15, 0.2) is 5.82 Å². The van der Waals surface area contributed by atoms with Crippen LogP contribution >= 0.6 is 0 Å². The van der Waals surface area contributed by atoms with Crippen LogP contribution in [0.4, 0.5) is 4.39 Å². The minimum Gasteiger partial charge on any atom is -0.338 e. The second kappa shape index (κ2) is 5.73. The van der Waals surface area contributed by atoms with Crippen LogP contribution in [-0.2, 0) is 6.42 Å². The number of hydrogen-bond acceptors (Lipinski definition) is 4. The van der Waals surface area contributed by atoms with Crippen molar-refractivity contribution in [2.24, 2.45) is 5.73 Å². The summed E-state index contributed by atoms with van der Waals surface area (Å²) in [4.78, 5) is 4.25. The molecular formula is C13H16FN3O. The van der Waals surface area contributed by atoms with Gasteiger partial charge >= 0.3 is 0 Å². The Labute approximate surface area is 105 Å². The van der Waals surface area contributed by atoms with Crippen LogP contribution in [0.1, 0.15) is 43.1 Å². The van der Waals surface area contributed by atoms with Crippen molar-refractivity contribution in [3.63, 3.8) is 0 Å². The van der Waals surface area contributed by atoms with Crippen molar-refractivity contribution in [2.45, 2.75) is 32.2 Å². The molecule has 0 aliphatic heterocycles. The largest absolute Gasteiger partial charge is 0.338 e. The number of rotatable bonds is 5. The lowest BCUT2D eigenvalue weighted by atomic mass is 10.1. The minimum absolute atomic E-state index is 0.204. The second-order valence-electron chi connectivity index (χ2n) is 4.25. The van der Waals surface area contributed by atoms with E-state index in [4.69, 9.17) is 10.3 Å². The van der Waals surface area contributed by atoms with Gasteiger partial charge in [0, 0.05) is 6.42 Å². The van der Waals surface area contributed by atoms with Crippen LogP contribution in [0.2, 0.25) is 0 Å². The van der Waals surface area contributed by atoms with E-state index in [1.807, 2.05) is 0 Å². The van der Waals surface area contributed by atoms with E-state index in [0.717, 1.165) is 18.4 Å². The van der Waals surface area contributed by atoms with Crippen molar-refractivity contribution in [3.8, 4) is 0 Å². The lowest BCUT2D eigenvalue weighted by Crippen LogP contribution is -2.10. The first-order chi connectivity index (χ1) is 8.69. The Morgan fingerprint density at radius 2 is 2.06 bits per heavy atom. The van der Waals surface area contributed by atoms with Crippen LogP contribution in [0.3, 0.4) is 0 Å². The van der Waals surface area contributed by atoms with Gasteiger partial charge in [0.2, 0.25) is 5.89 Å². The summed E-state index contributed by atoms with van der Waals surface area (Å²) in [6, 6.07) is 6.04. The Morgan fingerprint density at radius 3 is 2.72 bits per heavy atom. The predicted octanol–water partition coefficient (Wildman–Crippen LogP) is 2.60. The van der Waals surface area contributed by atoms with E-state index in [2.05, 4.69) is 17.1 Å². The van der Waals surface area contributed by atoms with Gasteiger partial charge in [-0.1, -0.05) is 30.6 Å². The van der Waals surface area contributed by atoms with Crippen molar-refractivity contribution in [2.75, 3.05) is 0 Å². The maximum atomic E-state index is 12.8. The SMILES string of the molecule is CCC[C@@H](N)c1nc(Cc2ccc(F)cc2)no1. The van der Waals surface area contributed by atoms with Gasteiger partial charge in [0.25, 0.3) is 0 Å². The molecule has 1 heterocycles. The molecule has 1 atom stereocenters. The summed E-state index contributed by atoms with van der Waals surface area (Å²) in [5.74, 6) is 0.787. The molecule has 0 fully saturated rings. The van der Waals surface area contributed by atoms with E-state index in [1.165, 1.54) is 12.1 Å². The number of hydrogen-bond donors (Lipinski definition) is 1. The molecule has 1 aromatic heterocycles. The third-order valence-corrected chi connectivity index (χ3v) is 2.68. The predicted molar refractivity (Wildman–Crippen MR) is 65.3 cm³/mol. The summed E-state index contributed by atoms with van der Waals surface area (Å²) < 4.78 is 17.9. The van der Waals surface area contributed by atoms with Crippen molar-refractivity contribution in [1.29, 1.82) is 0 Å². The number of nitrogens with two attached hydrogens (primary N) is 1. The maximum absolute atomic E-state index is 12.8. The van der Waals surface area contributed by atoms with Gasteiger partial charge in [-0.2, -0.15) is 4.98 Å². The van der Waals surface area contributed by atoms with Gasteiger partial charge in [-0.25, -0.2) is 4.39 Å². The number of aromatic nitrogens is 2. The van der Waals surface area contributed by atoms with E-state index in [9.17, 15) is 4.39 Å². The summed E-state index contributed by atoms with van der Waals surface area (Å²) in [6.07, 6.45) is 2.30. The summed E-state index contributed by atoms with van der Waals surface area (Å²) in [6.45, 7) is 2.05. The van der Waals surface area contributed by atoms with Crippen molar-refractivity contribution < 1.29 is 8.91 Å². The van der Waals surface area contributed by atoms with Crippen LogP contribution in [-0.4, -0.2) is 10.1 Å². The zero-order chi connectivity index (χ0) is 13.0. The Bertz CT molecular complexity index is 495. The Balaban J connectivity index is 2.04. The molecule has 0 saturated carbocycles. The molecule has 2 rings (SSSR count). The third kappa shape index (κ3) is 3.13. The molecule has 0 aliphatic carbocycles. The molecule has 0 amide bonds. The number of nitrogens with zero attached hydrogens (tertiary/aromatic N) is 2. The summed E-state index contributed by atoms with van der Waals surface area (Å²) >= 11 is 0. The first-order valence-electron chi connectivity index (χ1n) is 6.01. The molecule has 0 radical (unpaired) electrons. The van der Waals surface area contributed by atoms with Gasteiger partial charge in [-0.05, 0) is 24.1 Å². The molecule has 4 nitrogen and oxygen atoms in total. The molecule has 0 spiro atoms. The highest BCUT2D eigenvalue weighted by molar-refractivity contribution is 5.19. The zero-order valence-corrected chi connectivity index (χ0v) is 10.3. The van der Waals surface area contributed by atoms with Crippen LogP contribution in [0.5, 0.6) is 0 Å². The molecule has 1 aromatic carbocycles. The molecule has 2 N–H and O–H groups in total. The molecule has 18 heavy (non-hydrogen) atoms. The fraction of sp³-hybridized carbons (Fsp3) is 0.385. The van der Waals surface area contributed by atoms with Crippen LogP contribution in [0.25, 0.3) is 0 Å². The van der Waals surface area contributed by atoms with E-state index >= 15 is 0 Å². The first-order valence-corrected chi connectivity index (χ1v) is 6.01. The average Bonchev–Trinajstić information content (AvgIpc) is 2.81. The normalized spacial score (nSPS) is 12.6. The Hall–Kier alpha value is -1.75. The smallest absolute Gasteiger partial charge is 0.243 e. The van der Waals surface area contributed by atoms with Gasteiger partial charge in [0.1, 0.15) is 5.82 Å². The highest BCUT2D eigenvalue weighted by atomic mass is 19.1. The summed E-state index contributed by atoms with van der Waals surface area (Å²) in [5.41, 5.74) is 6.82. The van der Waals surface area contributed by atoms with E-state index in [0.29, 0.717) is 18.1 Å². The Kier molecular flexibility index (Phi) is 4.04. The van der Waals surface area contributed by atoms with Crippen LogP contribution in [0.15, 0.2) is 28.8 Å². The summed E-state index contributed by atoms with van der Waals surface area (Å²) in [7, 11) is 0. The average molecular weight is 249 g/mol. The second-order valence-corrected chi connectivity index (χ2v) is 4.25. The maximum Gasteiger partial charge on any atom is 0.243 e. The fourth-order valence-electron chi connectivity index (χ4n) is 1.71. The Morgan fingerprint density at radius 1 is 1.33 bits per heavy atom. The van der Waals surface area contributed by atoms with Gasteiger partial charge in [0.05, 0.1) is 6.04 Å². The van der Waals surface area contributed by atoms with E-state index in [1.54, 1.807) is 12.1 Å². The van der Waals surface area contributed by atoms with Gasteiger partial charge in [-0.15, -0.1) is 0 Å². The molecule has 5 heteroatoms. The lowest BCUT2D eigenvalue weighted by molar-refractivity contribution is 0.345. The first kappa shape index (κ1) is 12.7. The molecular weight excluding hydrogens is 233 g/mol. The molecule has 2 aromatic rings. The standard InChI is InChI=1S/C13H16FN3O/c1-2-3-11(15)13-16-12(17-18-13)8-9-4-6-10(14)7-5-9/h4-7,11H,2-3,8,15H2,1H3/t11-/m1/s1. The van der Waals surface area contributed by atoms with Gasteiger partial charge < -0.3 is 10.3 Å². The van der Waals surface area contributed by atoms with Gasteiger partial charge in [-0.3, -0.25) is 0 Å². The molecule has 0 bridgehead atoms. The van der Waals surface area contributed by atoms with Crippen molar-refractivity contribution >= 4 is 0 Å². The zero-order valence-electron chi connectivity index (χ0n) is 10.3. The molecule has 0 saturated heterocycles. The highest BCUT2D eigenvalue weighted by Crippen LogP contribution is 2.15. The fourth-order valence-corrected chi connectivity index (χ4v) is 1.71. The minimum atomic E-state index is -0.252. The monoisotopic (exact) mass is 249 g/mol. The number of benzene rings is 1. The third-order valence-electron chi connectivity index (χ3n) is 2.68. The molecule has 0 aliphatic rings. The van der Waals surface area contributed by atoms with Crippen LogP contribution < -0.4 is 5.73 Å². The topological polar surface area (TPSA) is 64.9 Å². The van der Waals surface area contributed by atoms with Crippen molar-refractivity contribution in [1.82, 2.24) is 10.1 Å². The van der Waals surface area contributed by atoms with Crippen molar-refractivity contribution in [3.05, 3.63) is 47.4 Å².